The number of hydrogen-bond acceptors (Lipinski definition) is 3. The Labute approximate surface area is 86.8 Å². The van der Waals surface area contributed by atoms with E-state index in [1.54, 1.807) is 29.7 Å². The molecule has 1 atom stereocenters. The van der Waals surface area contributed by atoms with E-state index in [9.17, 15) is 9.90 Å². The van der Waals surface area contributed by atoms with Gasteiger partial charge in [0.05, 0.1) is 11.6 Å². The molecule has 4 heteroatoms. The third-order valence-electron chi connectivity index (χ3n) is 2.49. The molecule has 1 heterocycles. The number of benzene rings is 1. The third-order valence-corrected chi connectivity index (χ3v) is 2.49. The fourth-order valence-corrected chi connectivity index (χ4v) is 1.64. The van der Waals surface area contributed by atoms with Crippen molar-refractivity contribution in [1.29, 1.82) is 0 Å². The molecule has 0 amide bonds. The quantitative estimate of drug-likeness (QED) is 0.814. The average molecular weight is 207 g/mol. The summed E-state index contributed by atoms with van der Waals surface area (Å²) in [6.45, 7) is 4.15. The lowest BCUT2D eigenvalue weighted by molar-refractivity contribution is 0.199. The normalized spacial score (nSPS) is 13.3. The van der Waals surface area contributed by atoms with Crippen LogP contribution in [0.3, 0.4) is 0 Å². The van der Waals surface area contributed by atoms with E-state index in [1.807, 2.05) is 6.92 Å². The summed E-state index contributed by atoms with van der Waals surface area (Å²) in [6, 6.07) is 5.30. The minimum atomic E-state index is -0.551. The molecule has 1 aromatic heterocycles. The maximum atomic E-state index is 11.4. The van der Waals surface area contributed by atoms with E-state index in [4.69, 9.17) is 4.42 Å². The first-order valence-corrected chi connectivity index (χ1v) is 4.95. The molecule has 15 heavy (non-hydrogen) atoms. The zero-order chi connectivity index (χ0) is 11.0. The molecule has 1 N–H and O–H groups in total. The zero-order valence-corrected chi connectivity index (χ0v) is 8.73. The topological polar surface area (TPSA) is 55.4 Å². The van der Waals surface area contributed by atoms with Gasteiger partial charge >= 0.3 is 5.76 Å². The van der Waals surface area contributed by atoms with Gasteiger partial charge in [0, 0.05) is 6.54 Å². The number of aromatic nitrogens is 1. The van der Waals surface area contributed by atoms with Crippen LogP contribution in [0.25, 0.3) is 11.1 Å². The minimum Gasteiger partial charge on any atom is -0.408 e. The Balaban J connectivity index is 2.70. The molecule has 0 aliphatic carbocycles. The van der Waals surface area contributed by atoms with Crippen molar-refractivity contribution in [2.45, 2.75) is 26.5 Å². The molecule has 0 spiro atoms. The summed E-state index contributed by atoms with van der Waals surface area (Å²) in [5, 5.41) is 9.39. The fraction of sp³-hybridized carbons (Fsp3) is 0.364. The van der Waals surface area contributed by atoms with Gasteiger partial charge in [0.15, 0.2) is 5.58 Å². The van der Waals surface area contributed by atoms with Crippen molar-refractivity contribution < 1.29 is 9.52 Å². The second kappa shape index (κ2) is 3.55. The highest BCUT2D eigenvalue weighted by molar-refractivity contribution is 5.73. The van der Waals surface area contributed by atoms with Gasteiger partial charge in [0.1, 0.15) is 0 Å². The van der Waals surface area contributed by atoms with Crippen LogP contribution in [0.15, 0.2) is 27.4 Å². The van der Waals surface area contributed by atoms with Crippen LogP contribution in [0, 0.1) is 0 Å². The molecule has 0 saturated heterocycles. The first-order chi connectivity index (χ1) is 7.13. The molecule has 0 fully saturated rings. The summed E-state index contributed by atoms with van der Waals surface area (Å²) >= 11 is 0. The monoisotopic (exact) mass is 207 g/mol. The molecule has 0 bridgehead atoms. The van der Waals surface area contributed by atoms with Gasteiger partial charge in [-0.05, 0) is 31.5 Å². The van der Waals surface area contributed by atoms with Crippen LogP contribution in [0.2, 0.25) is 0 Å². The van der Waals surface area contributed by atoms with Crippen molar-refractivity contribution in [2.24, 2.45) is 0 Å². The molecule has 1 aromatic carbocycles. The molecule has 2 aromatic rings. The van der Waals surface area contributed by atoms with E-state index in [0.717, 1.165) is 11.1 Å². The van der Waals surface area contributed by atoms with E-state index in [0.29, 0.717) is 12.1 Å². The van der Waals surface area contributed by atoms with E-state index >= 15 is 0 Å². The first-order valence-electron chi connectivity index (χ1n) is 4.95. The lowest BCUT2D eigenvalue weighted by Gasteiger charge is -2.03. The van der Waals surface area contributed by atoms with E-state index in [2.05, 4.69) is 0 Å². The number of nitrogens with zero attached hydrogens (tertiary/aromatic N) is 1. The number of hydrogen-bond donors (Lipinski definition) is 1. The van der Waals surface area contributed by atoms with Crippen LogP contribution in [-0.2, 0) is 6.54 Å². The van der Waals surface area contributed by atoms with Gasteiger partial charge in [-0.3, -0.25) is 4.57 Å². The van der Waals surface area contributed by atoms with Crippen molar-refractivity contribution in [1.82, 2.24) is 4.57 Å². The van der Waals surface area contributed by atoms with Crippen molar-refractivity contribution in [3.05, 3.63) is 34.3 Å². The number of fused-ring (bicyclic) bond motifs is 1. The summed E-state index contributed by atoms with van der Waals surface area (Å²) in [5.74, 6) is -0.352. The van der Waals surface area contributed by atoms with Crippen molar-refractivity contribution >= 4 is 11.1 Å². The van der Waals surface area contributed by atoms with Crippen LogP contribution >= 0.6 is 0 Å². The van der Waals surface area contributed by atoms with Crippen LogP contribution in [0.4, 0.5) is 0 Å². The van der Waals surface area contributed by atoms with Gasteiger partial charge in [-0.15, -0.1) is 0 Å². The molecular formula is C11H13NO3. The maximum absolute atomic E-state index is 11.4. The number of aryl methyl sites for hydroxylation is 1. The summed E-state index contributed by atoms with van der Waals surface area (Å²) < 4.78 is 6.63. The first kappa shape index (κ1) is 9.98. The van der Waals surface area contributed by atoms with Gasteiger partial charge < -0.3 is 9.52 Å². The number of aliphatic hydroxyl groups excluding tert-OH is 1. The number of rotatable bonds is 2. The van der Waals surface area contributed by atoms with Crippen molar-refractivity contribution in [3.8, 4) is 0 Å². The summed E-state index contributed by atoms with van der Waals surface area (Å²) in [6.07, 6.45) is -0.551. The highest BCUT2D eigenvalue weighted by atomic mass is 16.4. The highest BCUT2D eigenvalue weighted by Crippen LogP contribution is 2.19. The van der Waals surface area contributed by atoms with Crippen molar-refractivity contribution in [3.63, 3.8) is 0 Å². The van der Waals surface area contributed by atoms with E-state index in [1.165, 1.54) is 0 Å². The number of aliphatic hydroxyl groups is 1. The molecule has 0 aliphatic rings. The Bertz CT molecular complexity index is 536. The lowest BCUT2D eigenvalue weighted by Crippen LogP contribution is -2.11. The standard InChI is InChI=1S/C11H13NO3/c1-3-12-9-5-4-8(7(2)13)6-10(9)15-11(12)14/h4-7,13H,3H2,1-2H3/t7-/m1/s1. The van der Waals surface area contributed by atoms with Crippen LogP contribution < -0.4 is 5.76 Å². The average Bonchev–Trinajstić information content (AvgIpc) is 2.51. The van der Waals surface area contributed by atoms with Gasteiger partial charge in [-0.2, -0.15) is 0 Å². The zero-order valence-electron chi connectivity index (χ0n) is 8.73. The second-order valence-electron chi connectivity index (χ2n) is 3.52. The Hall–Kier alpha value is -1.55. The predicted molar refractivity (Wildman–Crippen MR) is 56.8 cm³/mol. The molecule has 80 valence electrons. The molecule has 0 radical (unpaired) electrons. The fourth-order valence-electron chi connectivity index (χ4n) is 1.64. The largest absolute Gasteiger partial charge is 0.419 e. The van der Waals surface area contributed by atoms with Gasteiger partial charge in [0.25, 0.3) is 0 Å². The summed E-state index contributed by atoms with van der Waals surface area (Å²) in [7, 11) is 0. The maximum Gasteiger partial charge on any atom is 0.419 e. The molecule has 4 nitrogen and oxygen atoms in total. The molecule has 0 aliphatic heterocycles. The van der Waals surface area contributed by atoms with Crippen LogP contribution in [0.1, 0.15) is 25.5 Å². The third kappa shape index (κ3) is 1.57. The lowest BCUT2D eigenvalue weighted by atomic mass is 10.1. The Morgan fingerprint density at radius 2 is 2.27 bits per heavy atom. The Morgan fingerprint density at radius 1 is 1.53 bits per heavy atom. The van der Waals surface area contributed by atoms with Gasteiger partial charge in [-0.25, -0.2) is 4.79 Å². The van der Waals surface area contributed by atoms with Gasteiger partial charge in [-0.1, -0.05) is 6.07 Å². The molecule has 0 saturated carbocycles. The summed E-state index contributed by atoms with van der Waals surface area (Å²) in [4.78, 5) is 11.4. The molecular weight excluding hydrogens is 194 g/mol. The summed E-state index contributed by atoms with van der Waals surface area (Å²) in [5.41, 5.74) is 2.05. The second-order valence-corrected chi connectivity index (χ2v) is 3.52. The predicted octanol–water partition coefficient (Wildman–Crippen LogP) is 1.67. The Morgan fingerprint density at radius 3 is 2.87 bits per heavy atom. The van der Waals surface area contributed by atoms with Crippen molar-refractivity contribution in [2.75, 3.05) is 0 Å². The smallest absolute Gasteiger partial charge is 0.408 e. The molecule has 0 unspecified atom stereocenters. The van der Waals surface area contributed by atoms with Crippen LogP contribution in [0.5, 0.6) is 0 Å². The van der Waals surface area contributed by atoms with Gasteiger partial charge in [0.2, 0.25) is 0 Å². The minimum absolute atomic E-state index is 0.352. The van der Waals surface area contributed by atoms with E-state index < -0.39 is 6.10 Å². The van der Waals surface area contributed by atoms with Crippen LogP contribution in [-0.4, -0.2) is 9.67 Å². The van der Waals surface area contributed by atoms with E-state index in [-0.39, 0.29) is 5.76 Å². The highest BCUT2D eigenvalue weighted by Gasteiger charge is 2.09. The number of oxazole rings is 1. The SMILES string of the molecule is CCn1c(=O)oc2cc([C@@H](C)O)ccc21. The Kier molecular flexibility index (Phi) is 2.36. The molecule has 2 rings (SSSR count).